The molecule has 0 aliphatic carbocycles. The lowest BCUT2D eigenvalue weighted by Gasteiger charge is -2.25. The van der Waals surface area contributed by atoms with Crippen LogP contribution in [-0.2, 0) is 54.4 Å². The summed E-state index contributed by atoms with van der Waals surface area (Å²) < 4.78 is 65.8. The van der Waals surface area contributed by atoms with Gasteiger partial charge in [0.1, 0.15) is 0 Å². The van der Waals surface area contributed by atoms with Crippen molar-refractivity contribution in [3.05, 3.63) is 0 Å². The van der Waals surface area contributed by atoms with E-state index in [-0.39, 0.29) is 24.7 Å². The molecular weight excluding hydrogens is 697 g/mol. The first-order valence-electron chi connectivity index (χ1n) is 16.9. The Morgan fingerprint density at radius 3 is 1.38 bits per heavy atom. The second-order valence-electron chi connectivity index (χ2n) is 12.3. The van der Waals surface area contributed by atoms with Crippen LogP contribution in [0.3, 0.4) is 0 Å². The highest BCUT2D eigenvalue weighted by atomic mass is 28.4. The number of hydrogen-bond acceptors (Lipinski definition) is 14. The molecular formula is C30H72O14Si4. The molecule has 0 aromatic rings. The van der Waals surface area contributed by atoms with Crippen LogP contribution < -0.4 is 0 Å². The Bertz CT molecular complexity index is 709. The molecule has 0 saturated carbocycles. The smallest absolute Gasteiger partial charge is 0.418 e. The summed E-state index contributed by atoms with van der Waals surface area (Å²) in [5.41, 5.74) is 0. The van der Waals surface area contributed by atoms with Crippen LogP contribution in [-0.4, -0.2) is 165 Å². The van der Waals surface area contributed by atoms with E-state index in [9.17, 15) is 10.2 Å². The van der Waals surface area contributed by atoms with E-state index >= 15 is 0 Å². The van der Waals surface area contributed by atoms with E-state index in [2.05, 4.69) is 0 Å². The summed E-state index contributed by atoms with van der Waals surface area (Å²) in [6.45, 7) is 16.8. The minimum atomic E-state index is -2.44. The third-order valence-electron chi connectivity index (χ3n) is 7.79. The highest BCUT2D eigenvalue weighted by Crippen LogP contribution is 2.15. The van der Waals surface area contributed by atoms with Crippen molar-refractivity contribution < 1.29 is 64.6 Å². The molecule has 0 aromatic carbocycles. The van der Waals surface area contributed by atoms with Gasteiger partial charge in [-0.2, -0.15) is 0 Å². The average Bonchev–Trinajstić information content (AvgIpc) is 3.10. The topological polar surface area (TPSA) is 151 Å². The maximum Gasteiger partial charge on any atom is 0.497 e. The predicted molar refractivity (Wildman–Crippen MR) is 195 cm³/mol. The van der Waals surface area contributed by atoms with Crippen LogP contribution in [0.1, 0.15) is 39.5 Å². The van der Waals surface area contributed by atoms with Crippen LogP contribution in [0.4, 0.5) is 0 Å². The van der Waals surface area contributed by atoms with E-state index in [1.54, 1.807) is 42.7 Å². The molecule has 0 spiro atoms. The molecule has 2 N–H and O–H groups in total. The normalized spacial score (nSPS) is 15.1. The zero-order chi connectivity index (χ0) is 37.0. The second-order valence-corrected chi connectivity index (χ2v) is 26.2. The van der Waals surface area contributed by atoms with E-state index < -0.39 is 34.2 Å². The van der Waals surface area contributed by atoms with Gasteiger partial charge in [0.2, 0.25) is 8.32 Å². The standard InChI is InChI=1S/C15H36O8Si2.C15H36O6Si2/c1-15(22-10-8-12-25(14-16,19-4)20-5)13-21-9-7-11-23-24(6,17-2)18-3;1-15(20-10-8-12-23(6,14-16)18-3)13-19-9-7-11-21-22(4,5)17-2/h15-16H,7-14H2,1-6H3;15-16H,7-14H2,1-6H3. The van der Waals surface area contributed by atoms with Gasteiger partial charge in [-0.05, 0) is 71.3 Å². The number of aliphatic hydroxyl groups excluding tert-OH is 2. The fourth-order valence-electron chi connectivity index (χ4n) is 3.85. The lowest BCUT2D eigenvalue weighted by atomic mass is 10.4. The van der Waals surface area contributed by atoms with Gasteiger partial charge in [0, 0.05) is 88.8 Å². The Labute approximate surface area is 296 Å². The van der Waals surface area contributed by atoms with E-state index in [0.29, 0.717) is 58.9 Å². The molecule has 48 heavy (non-hydrogen) atoms. The molecule has 0 aliphatic rings. The Morgan fingerprint density at radius 1 is 0.500 bits per heavy atom. The largest absolute Gasteiger partial charge is 0.497 e. The van der Waals surface area contributed by atoms with Gasteiger partial charge in [0.25, 0.3) is 0 Å². The molecule has 292 valence electrons. The molecule has 0 radical (unpaired) electrons. The highest BCUT2D eigenvalue weighted by Gasteiger charge is 2.34. The Morgan fingerprint density at radius 2 is 0.979 bits per heavy atom. The zero-order valence-corrected chi connectivity index (χ0v) is 36.3. The fraction of sp³-hybridized carbons (Fsp3) is 1.00. The van der Waals surface area contributed by atoms with Crippen LogP contribution in [0, 0.1) is 0 Å². The summed E-state index contributed by atoms with van der Waals surface area (Å²) in [7, 11) is 1.03. The van der Waals surface area contributed by atoms with Crippen molar-refractivity contribution in [1.29, 1.82) is 0 Å². The Kier molecular flexibility index (Phi) is 31.3. The van der Waals surface area contributed by atoms with Crippen LogP contribution >= 0.6 is 0 Å². The van der Waals surface area contributed by atoms with Crippen LogP contribution in [0.2, 0.25) is 38.3 Å². The van der Waals surface area contributed by atoms with Gasteiger partial charge >= 0.3 is 25.9 Å². The number of hydrogen-bond donors (Lipinski definition) is 2. The van der Waals surface area contributed by atoms with Crippen LogP contribution in [0.25, 0.3) is 0 Å². The summed E-state index contributed by atoms with van der Waals surface area (Å²) in [5, 5.41) is 18.7. The van der Waals surface area contributed by atoms with E-state index in [1.807, 2.05) is 40.0 Å². The van der Waals surface area contributed by atoms with E-state index in [1.165, 1.54) is 0 Å². The van der Waals surface area contributed by atoms with Crippen molar-refractivity contribution in [1.82, 2.24) is 0 Å². The number of ether oxygens (including phenoxy) is 4. The summed E-state index contributed by atoms with van der Waals surface area (Å²) in [4.78, 5) is 0. The highest BCUT2D eigenvalue weighted by molar-refractivity contribution is 6.72. The second kappa shape index (κ2) is 29.8. The molecule has 3 atom stereocenters. The lowest BCUT2D eigenvalue weighted by Crippen LogP contribution is -2.44. The minimum Gasteiger partial charge on any atom is -0.418 e. The SMILES string of the molecule is CO[Si](C)(CO)CCCOC(C)COCCCO[Si](C)(C)OC.CO[Si](CO)(CCCOC(C)COCCCO[Si](C)(OC)OC)OC. The molecule has 3 unspecified atom stereocenters. The summed E-state index contributed by atoms with van der Waals surface area (Å²) in [6.07, 6.45) is 3.52. The third-order valence-corrected chi connectivity index (χ3v) is 18.0. The average molecular weight is 769 g/mol. The van der Waals surface area contributed by atoms with Gasteiger partial charge in [-0.1, -0.05) is 0 Å². The third kappa shape index (κ3) is 26.1. The number of aliphatic hydroxyl groups is 2. The minimum absolute atomic E-state index is 0.00814. The quantitative estimate of drug-likeness (QED) is 0.0757. The van der Waals surface area contributed by atoms with Crippen molar-refractivity contribution in [3.8, 4) is 0 Å². The van der Waals surface area contributed by atoms with Crippen LogP contribution in [0.5, 0.6) is 0 Å². The summed E-state index contributed by atoms with van der Waals surface area (Å²) in [5.74, 6) is 0. The maximum absolute atomic E-state index is 9.38. The van der Waals surface area contributed by atoms with Crippen molar-refractivity contribution in [2.45, 2.75) is 90.0 Å². The molecule has 0 aliphatic heterocycles. The van der Waals surface area contributed by atoms with Gasteiger partial charge in [0.15, 0.2) is 0 Å². The first-order valence-corrected chi connectivity index (χ1v) is 27.0. The fourth-order valence-corrected chi connectivity index (χ4v) is 8.58. The monoisotopic (exact) mass is 768 g/mol. The van der Waals surface area contributed by atoms with Crippen molar-refractivity contribution in [2.24, 2.45) is 0 Å². The Hall–Kier alpha value is 0.308. The predicted octanol–water partition coefficient (Wildman–Crippen LogP) is 3.64. The van der Waals surface area contributed by atoms with Crippen LogP contribution in [0.15, 0.2) is 0 Å². The lowest BCUT2D eigenvalue weighted by molar-refractivity contribution is -0.0108. The van der Waals surface area contributed by atoms with E-state index in [0.717, 1.165) is 31.7 Å². The van der Waals surface area contributed by atoms with E-state index in [4.69, 9.17) is 54.4 Å². The molecule has 0 amide bonds. The molecule has 18 heteroatoms. The molecule has 14 nitrogen and oxygen atoms in total. The maximum atomic E-state index is 9.38. The van der Waals surface area contributed by atoms with Gasteiger partial charge < -0.3 is 64.6 Å². The first kappa shape index (κ1) is 50.4. The Balaban J connectivity index is 0. The summed E-state index contributed by atoms with van der Waals surface area (Å²) >= 11 is 0. The number of rotatable bonds is 32. The van der Waals surface area contributed by atoms with Crippen molar-refractivity contribution >= 4 is 34.2 Å². The summed E-state index contributed by atoms with van der Waals surface area (Å²) in [6, 6.07) is 1.60. The molecule has 0 rings (SSSR count). The molecule has 0 aromatic heterocycles. The van der Waals surface area contributed by atoms with Gasteiger partial charge in [-0.3, -0.25) is 0 Å². The van der Waals surface area contributed by atoms with Crippen molar-refractivity contribution in [3.63, 3.8) is 0 Å². The molecule has 0 fully saturated rings. The molecule has 0 saturated heterocycles. The van der Waals surface area contributed by atoms with Gasteiger partial charge in [0.05, 0.1) is 37.9 Å². The first-order chi connectivity index (χ1) is 22.7. The molecule has 0 heterocycles. The van der Waals surface area contributed by atoms with Crippen molar-refractivity contribution in [2.75, 3.05) is 108 Å². The van der Waals surface area contributed by atoms with Gasteiger partial charge in [-0.15, -0.1) is 0 Å². The molecule has 0 bridgehead atoms. The zero-order valence-electron chi connectivity index (χ0n) is 32.3. The van der Waals surface area contributed by atoms with Gasteiger partial charge in [-0.25, -0.2) is 0 Å².